The molecule has 1 aromatic heterocycles. The quantitative estimate of drug-likeness (QED) is 0.570. The lowest BCUT2D eigenvalue weighted by Gasteiger charge is -2.04. The highest BCUT2D eigenvalue weighted by atomic mass is 16.2. The van der Waals surface area contributed by atoms with Crippen LogP contribution in [0.3, 0.4) is 0 Å². The summed E-state index contributed by atoms with van der Waals surface area (Å²) in [6.07, 6.45) is 4.33. The van der Waals surface area contributed by atoms with Crippen molar-refractivity contribution in [3.8, 4) is 0 Å². The molecular formula is C18H17N3O. The maximum absolute atomic E-state index is 11.9. The molecule has 1 N–H and O–H groups in total. The normalized spacial score (nSPS) is 11.1. The monoisotopic (exact) mass is 291 g/mol. The number of hydrogen-bond acceptors (Lipinski definition) is 2. The van der Waals surface area contributed by atoms with Crippen LogP contribution >= 0.6 is 0 Å². The van der Waals surface area contributed by atoms with Gasteiger partial charge in [-0.1, -0.05) is 48.5 Å². The fraction of sp³-hybridized carbons (Fsp3) is 0.111. The molecule has 4 nitrogen and oxygen atoms in total. The van der Waals surface area contributed by atoms with Gasteiger partial charge in [0.2, 0.25) is 0 Å². The predicted molar refractivity (Wildman–Crippen MR) is 88.7 cm³/mol. The summed E-state index contributed by atoms with van der Waals surface area (Å²) < 4.78 is 1.91. The van der Waals surface area contributed by atoms with E-state index in [0.29, 0.717) is 6.42 Å². The van der Waals surface area contributed by atoms with Gasteiger partial charge in [0.25, 0.3) is 5.91 Å². The van der Waals surface area contributed by atoms with Gasteiger partial charge in [0.15, 0.2) is 0 Å². The Bertz CT molecular complexity index is 790. The first-order valence-corrected chi connectivity index (χ1v) is 7.21. The molecule has 0 spiro atoms. The number of hydrogen-bond donors (Lipinski definition) is 1. The summed E-state index contributed by atoms with van der Waals surface area (Å²) in [7, 11) is 0. The molecule has 0 fully saturated rings. The van der Waals surface area contributed by atoms with Gasteiger partial charge in [0.05, 0.1) is 0 Å². The molecule has 1 heterocycles. The smallest absolute Gasteiger partial charge is 0.259 e. The van der Waals surface area contributed by atoms with E-state index in [-0.39, 0.29) is 12.5 Å². The summed E-state index contributed by atoms with van der Waals surface area (Å²) in [6, 6.07) is 20.0. The van der Waals surface area contributed by atoms with E-state index in [4.69, 9.17) is 0 Å². The number of rotatable bonds is 5. The van der Waals surface area contributed by atoms with Gasteiger partial charge in [-0.15, -0.1) is 0 Å². The van der Waals surface area contributed by atoms with Gasteiger partial charge in [-0.05, 0) is 23.1 Å². The minimum atomic E-state index is -0.134. The Morgan fingerprint density at radius 2 is 1.82 bits per heavy atom. The number of carbonyl (C=O) groups excluding carboxylic acids is 1. The second kappa shape index (κ2) is 6.72. The van der Waals surface area contributed by atoms with Crippen molar-refractivity contribution < 1.29 is 4.79 Å². The number of amides is 1. The highest BCUT2D eigenvalue weighted by Gasteiger charge is 2.04. The lowest BCUT2D eigenvalue weighted by atomic mass is 10.2. The third-order valence-electron chi connectivity index (χ3n) is 3.44. The van der Waals surface area contributed by atoms with Crippen LogP contribution in [-0.2, 0) is 17.8 Å². The van der Waals surface area contributed by atoms with E-state index < -0.39 is 0 Å². The van der Waals surface area contributed by atoms with Crippen LogP contribution in [0, 0.1) is 0 Å². The molecule has 3 aromatic rings. The van der Waals surface area contributed by atoms with Gasteiger partial charge >= 0.3 is 0 Å². The maximum Gasteiger partial charge on any atom is 0.259 e. The minimum absolute atomic E-state index is 0.134. The summed E-state index contributed by atoms with van der Waals surface area (Å²) in [5.41, 5.74) is 4.78. The molecule has 0 atom stereocenters. The van der Waals surface area contributed by atoms with Crippen LogP contribution in [0.2, 0.25) is 0 Å². The molecule has 0 saturated heterocycles. The number of hydrazone groups is 1. The first-order valence-electron chi connectivity index (χ1n) is 7.21. The van der Waals surface area contributed by atoms with E-state index in [9.17, 15) is 4.79 Å². The third kappa shape index (κ3) is 3.41. The number of nitrogens with one attached hydrogen (secondary N) is 1. The Labute approximate surface area is 129 Å². The van der Waals surface area contributed by atoms with Crippen LogP contribution in [0.15, 0.2) is 72.0 Å². The summed E-state index contributed by atoms with van der Waals surface area (Å²) in [5.74, 6) is -0.134. The van der Waals surface area contributed by atoms with Crippen molar-refractivity contribution in [2.24, 2.45) is 5.10 Å². The van der Waals surface area contributed by atoms with Crippen molar-refractivity contribution >= 4 is 23.0 Å². The van der Waals surface area contributed by atoms with E-state index in [1.54, 1.807) is 6.21 Å². The molecule has 0 bridgehead atoms. The van der Waals surface area contributed by atoms with Gasteiger partial charge < -0.3 is 4.57 Å². The number of aromatic nitrogens is 1. The molecule has 0 radical (unpaired) electrons. The van der Waals surface area contributed by atoms with Crippen LogP contribution in [0.4, 0.5) is 0 Å². The largest absolute Gasteiger partial charge is 0.338 e. The van der Waals surface area contributed by atoms with E-state index in [1.807, 2.05) is 71.4 Å². The molecule has 1 amide bonds. The van der Waals surface area contributed by atoms with Gasteiger partial charge in [0.1, 0.15) is 6.54 Å². The molecule has 110 valence electrons. The standard InChI is InChI=1S/C18H17N3O/c22-18(20-19-12-10-15-6-2-1-3-7-15)14-21-13-11-16-8-4-5-9-17(16)21/h1-9,11-13H,10,14H2,(H,20,22). The van der Waals surface area contributed by atoms with Crippen molar-refractivity contribution in [1.82, 2.24) is 9.99 Å². The lowest BCUT2D eigenvalue weighted by molar-refractivity contribution is -0.121. The SMILES string of the molecule is O=C(Cn1ccc2ccccc21)NN=CCc1ccccc1. The number of carbonyl (C=O) groups is 1. The first kappa shape index (κ1) is 14.1. The number of nitrogens with zero attached hydrogens (tertiary/aromatic N) is 2. The van der Waals surface area contributed by atoms with Crippen molar-refractivity contribution in [3.63, 3.8) is 0 Å². The molecule has 0 saturated carbocycles. The van der Waals surface area contributed by atoms with E-state index in [2.05, 4.69) is 10.5 Å². The Hall–Kier alpha value is -2.88. The van der Waals surface area contributed by atoms with Crippen LogP contribution in [0.5, 0.6) is 0 Å². The van der Waals surface area contributed by atoms with Crippen LogP contribution in [-0.4, -0.2) is 16.7 Å². The van der Waals surface area contributed by atoms with Crippen molar-refractivity contribution in [2.75, 3.05) is 0 Å². The predicted octanol–water partition coefficient (Wildman–Crippen LogP) is 2.99. The van der Waals surface area contributed by atoms with Gasteiger partial charge in [-0.3, -0.25) is 4.79 Å². The number of fused-ring (bicyclic) bond motifs is 1. The first-order chi connectivity index (χ1) is 10.8. The number of benzene rings is 2. The average Bonchev–Trinajstić information content (AvgIpc) is 2.96. The summed E-state index contributed by atoms with van der Waals surface area (Å²) >= 11 is 0. The zero-order chi connectivity index (χ0) is 15.2. The van der Waals surface area contributed by atoms with Gasteiger partial charge in [-0.2, -0.15) is 5.10 Å². The average molecular weight is 291 g/mol. The summed E-state index contributed by atoms with van der Waals surface area (Å²) in [6.45, 7) is 0.260. The Kier molecular flexibility index (Phi) is 4.30. The Morgan fingerprint density at radius 1 is 1.05 bits per heavy atom. The topological polar surface area (TPSA) is 46.4 Å². The van der Waals surface area contributed by atoms with Crippen molar-refractivity contribution in [1.29, 1.82) is 0 Å². The van der Waals surface area contributed by atoms with Crippen molar-refractivity contribution in [3.05, 3.63) is 72.4 Å². The number of para-hydroxylation sites is 1. The molecule has 4 heteroatoms. The molecular weight excluding hydrogens is 274 g/mol. The molecule has 0 aliphatic carbocycles. The highest BCUT2D eigenvalue weighted by molar-refractivity contribution is 5.83. The van der Waals surface area contributed by atoms with Crippen LogP contribution in [0.1, 0.15) is 5.56 Å². The molecule has 0 aliphatic rings. The zero-order valence-corrected chi connectivity index (χ0v) is 12.1. The van der Waals surface area contributed by atoms with Crippen LogP contribution < -0.4 is 5.43 Å². The minimum Gasteiger partial charge on any atom is -0.338 e. The molecule has 0 aliphatic heterocycles. The Balaban J connectivity index is 1.54. The van der Waals surface area contributed by atoms with E-state index in [1.165, 1.54) is 0 Å². The maximum atomic E-state index is 11.9. The van der Waals surface area contributed by atoms with Crippen LogP contribution in [0.25, 0.3) is 10.9 Å². The highest BCUT2D eigenvalue weighted by Crippen LogP contribution is 2.14. The van der Waals surface area contributed by atoms with E-state index >= 15 is 0 Å². The molecule has 22 heavy (non-hydrogen) atoms. The summed E-state index contributed by atoms with van der Waals surface area (Å²) in [5, 5.41) is 5.12. The second-order valence-electron chi connectivity index (χ2n) is 5.04. The zero-order valence-electron chi connectivity index (χ0n) is 12.1. The fourth-order valence-corrected chi connectivity index (χ4v) is 2.35. The third-order valence-corrected chi connectivity index (χ3v) is 3.44. The van der Waals surface area contributed by atoms with Gasteiger partial charge in [0, 0.05) is 24.3 Å². The second-order valence-corrected chi connectivity index (χ2v) is 5.04. The molecule has 3 rings (SSSR count). The van der Waals surface area contributed by atoms with Gasteiger partial charge in [-0.25, -0.2) is 5.43 Å². The van der Waals surface area contributed by atoms with Crippen molar-refractivity contribution in [2.45, 2.75) is 13.0 Å². The molecule has 0 unspecified atom stereocenters. The Morgan fingerprint density at radius 3 is 2.68 bits per heavy atom. The molecule has 2 aromatic carbocycles. The van der Waals surface area contributed by atoms with E-state index in [0.717, 1.165) is 16.5 Å². The fourth-order valence-electron chi connectivity index (χ4n) is 2.35. The lowest BCUT2D eigenvalue weighted by Crippen LogP contribution is -2.22. The summed E-state index contributed by atoms with van der Waals surface area (Å²) in [4.78, 5) is 11.9.